The zero-order valence-corrected chi connectivity index (χ0v) is 18.2. The molecule has 0 bridgehead atoms. The molecule has 158 valence electrons. The van der Waals surface area contributed by atoms with E-state index >= 15 is 0 Å². The van der Waals surface area contributed by atoms with Crippen molar-refractivity contribution in [1.82, 2.24) is 0 Å². The number of benzene rings is 2. The summed E-state index contributed by atoms with van der Waals surface area (Å²) < 4.78 is 16.5. The quantitative estimate of drug-likeness (QED) is 0.345. The van der Waals surface area contributed by atoms with Gasteiger partial charge in [-0.25, -0.2) is 0 Å². The smallest absolute Gasteiger partial charge is 0.189 e. The summed E-state index contributed by atoms with van der Waals surface area (Å²) >= 11 is 0. The van der Waals surface area contributed by atoms with E-state index in [1.165, 1.54) is 0 Å². The summed E-state index contributed by atoms with van der Waals surface area (Å²) in [4.78, 5) is 0. The van der Waals surface area contributed by atoms with Crippen LogP contribution in [-0.4, -0.2) is 32.2 Å². The summed E-state index contributed by atoms with van der Waals surface area (Å²) in [6.45, 7) is 11.4. The first-order valence-corrected chi connectivity index (χ1v) is 10.3. The van der Waals surface area contributed by atoms with Crippen LogP contribution in [0.5, 0.6) is 11.5 Å². The monoisotopic (exact) mass is 398 g/mol. The van der Waals surface area contributed by atoms with Crippen molar-refractivity contribution in [3.63, 3.8) is 0 Å². The molecule has 2 aromatic rings. The minimum atomic E-state index is 0.0996. The summed E-state index contributed by atoms with van der Waals surface area (Å²) in [5.74, 6) is 0.848. The molecule has 0 atom stereocenters. The number of phenols is 1. The van der Waals surface area contributed by atoms with Crippen LogP contribution < -0.4 is 4.74 Å². The molecule has 4 nitrogen and oxygen atoms in total. The molecule has 0 saturated heterocycles. The Morgan fingerprint density at radius 3 is 2.59 bits per heavy atom. The molecular weight excluding hydrogens is 364 g/mol. The zero-order chi connectivity index (χ0) is 21.2. The van der Waals surface area contributed by atoms with Gasteiger partial charge in [-0.2, -0.15) is 0 Å². The number of allylic oxidation sites excluding steroid dienone is 1. The summed E-state index contributed by atoms with van der Waals surface area (Å²) in [6, 6.07) is 10.0. The first-order chi connectivity index (χ1) is 14.0. The van der Waals surface area contributed by atoms with E-state index in [0.717, 1.165) is 53.5 Å². The van der Waals surface area contributed by atoms with Gasteiger partial charge in [-0.15, -0.1) is 0 Å². The number of methoxy groups -OCH3 is 1. The fourth-order valence-electron chi connectivity index (χ4n) is 3.31. The van der Waals surface area contributed by atoms with Gasteiger partial charge in [-0.3, -0.25) is 0 Å². The molecule has 29 heavy (non-hydrogen) atoms. The lowest BCUT2D eigenvalue weighted by Gasteiger charge is -2.18. The Morgan fingerprint density at radius 2 is 1.90 bits per heavy atom. The highest BCUT2D eigenvalue weighted by Gasteiger charge is 2.18. The maximum atomic E-state index is 10.9. The molecule has 2 rings (SSSR count). The van der Waals surface area contributed by atoms with Crippen LogP contribution in [0.1, 0.15) is 49.8 Å². The predicted octanol–water partition coefficient (Wildman–Crippen LogP) is 6.13. The van der Waals surface area contributed by atoms with Gasteiger partial charge in [0, 0.05) is 7.11 Å². The van der Waals surface area contributed by atoms with Crippen LogP contribution in [0.4, 0.5) is 0 Å². The van der Waals surface area contributed by atoms with Crippen molar-refractivity contribution in [2.75, 3.05) is 27.1 Å². The molecule has 1 N–H and O–H groups in total. The molecule has 0 aliphatic heterocycles. The zero-order valence-electron chi connectivity index (χ0n) is 18.2. The third-order valence-corrected chi connectivity index (χ3v) is 4.84. The first-order valence-electron chi connectivity index (χ1n) is 10.3. The van der Waals surface area contributed by atoms with E-state index in [9.17, 15) is 5.11 Å². The molecule has 2 aromatic carbocycles. The van der Waals surface area contributed by atoms with Crippen LogP contribution in [0.2, 0.25) is 0 Å². The third kappa shape index (κ3) is 6.62. The first kappa shape index (κ1) is 23.0. The van der Waals surface area contributed by atoms with Crippen molar-refractivity contribution in [3.8, 4) is 22.6 Å². The molecule has 4 heteroatoms. The van der Waals surface area contributed by atoms with Gasteiger partial charge in [-0.1, -0.05) is 55.7 Å². The Labute approximate surface area is 175 Å². The Hall–Kier alpha value is -2.30. The SMILES string of the molecule is C=C(C)c1ccc(C)cc1-c1c(O)cc(CCCCC)cc1OCOCCOC. The van der Waals surface area contributed by atoms with E-state index in [0.29, 0.717) is 24.5 Å². The molecule has 0 unspecified atom stereocenters. The van der Waals surface area contributed by atoms with Crippen molar-refractivity contribution in [3.05, 3.63) is 53.6 Å². The highest BCUT2D eigenvalue weighted by Crippen LogP contribution is 2.42. The van der Waals surface area contributed by atoms with E-state index in [2.05, 4.69) is 25.6 Å². The van der Waals surface area contributed by atoms with E-state index in [1.807, 2.05) is 32.0 Å². The minimum Gasteiger partial charge on any atom is -0.507 e. The Bertz CT molecular complexity index is 811. The van der Waals surface area contributed by atoms with Gasteiger partial charge >= 0.3 is 0 Å². The van der Waals surface area contributed by atoms with Gasteiger partial charge in [-0.05, 0) is 55.5 Å². The van der Waals surface area contributed by atoms with Crippen LogP contribution >= 0.6 is 0 Å². The van der Waals surface area contributed by atoms with E-state index < -0.39 is 0 Å². The van der Waals surface area contributed by atoms with Gasteiger partial charge in [0.25, 0.3) is 0 Å². The number of aryl methyl sites for hydroxylation is 2. The van der Waals surface area contributed by atoms with Gasteiger partial charge in [0.15, 0.2) is 6.79 Å². The lowest BCUT2D eigenvalue weighted by atomic mass is 9.91. The Balaban J connectivity index is 2.43. The van der Waals surface area contributed by atoms with Crippen LogP contribution in [0.25, 0.3) is 16.7 Å². The topological polar surface area (TPSA) is 47.9 Å². The normalized spacial score (nSPS) is 10.9. The predicted molar refractivity (Wildman–Crippen MR) is 120 cm³/mol. The van der Waals surface area contributed by atoms with Gasteiger partial charge in [0.05, 0.1) is 18.8 Å². The molecule has 0 spiro atoms. The van der Waals surface area contributed by atoms with Crippen molar-refractivity contribution in [2.45, 2.75) is 46.5 Å². The maximum Gasteiger partial charge on any atom is 0.189 e. The maximum absolute atomic E-state index is 10.9. The van der Waals surface area contributed by atoms with E-state index in [4.69, 9.17) is 14.2 Å². The number of aromatic hydroxyl groups is 1. The van der Waals surface area contributed by atoms with Crippen LogP contribution in [0, 0.1) is 6.92 Å². The van der Waals surface area contributed by atoms with E-state index in [1.54, 1.807) is 7.11 Å². The largest absolute Gasteiger partial charge is 0.507 e. The van der Waals surface area contributed by atoms with Crippen molar-refractivity contribution in [2.24, 2.45) is 0 Å². The number of phenolic OH excluding ortho intramolecular Hbond substituents is 1. The average Bonchev–Trinajstić information content (AvgIpc) is 2.67. The number of ether oxygens (including phenoxy) is 3. The van der Waals surface area contributed by atoms with Gasteiger partial charge in [0.1, 0.15) is 11.5 Å². The van der Waals surface area contributed by atoms with Crippen molar-refractivity contribution in [1.29, 1.82) is 0 Å². The number of hydrogen-bond donors (Lipinski definition) is 1. The Kier molecular flexibility index (Phi) is 9.23. The molecule has 0 fully saturated rings. The van der Waals surface area contributed by atoms with Crippen molar-refractivity contribution >= 4 is 5.57 Å². The van der Waals surface area contributed by atoms with Crippen molar-refractivity contribution < 1.29 is 19.3 Å². The summed E-state index contributed by atoms with van der Waals surface area (Å²) in [6.07, 6.45) is 4.31. The second-order valence-electron chi connectivity index (χ2n) is 7.44. The fourth-order valence-corrected chi connectivity index (χ4v) is 3.31. The minimum absolute atomic E-state index is 0.0996. The highest BCUT2D eigenvalue weighted by molar-refractivity contribution is 5.86. The van der Waals surface area contributed by atoms with Gasteiger partial charge < -0.3 is 19.3 Å². The van der Waals surface area contributed by atoms with Crippen LogP contribution in [0.3, 0.4) is 0 Å². The molecule has 0 aromatic heterocycles. The number of hydrogen-bond acceptors (Lipinski definition) is 4. The molecule has 0 aliphatic rings. The fraction of sp³-hybridized carbons (Fsp3) is 0.440. The lowest BCUT2D eigenvalue weighted by molar-refractivity contribution is -0.00830. The van der Waals surface area contributed by atoms with Crippen LogP contribution in [-0.2, 0) is 15.9 Å². The van der Waals surface area contributed by atoms with Gasteiger partial charge in [0.2, 0.25) is 0 Å². The van der Waals surface area contributed by atoms with Crippen LogP contribution in [0.15, 0.2) is 36.9 Å². The third-order valence-electron chi connectivity index (χ3n) is 4.84. The number of rotatable bonds is 12. The molecule has 0 aliphatic carbocycles. The molecule has 0 radical (unpaired) electrons. The molecule has 0 heterocycles. The summed E-state index contributed by atoms with van der Waals surface area (Å²) in [5.41, 5.74) is 5.71. The highest BCUT2D eigenvalue weighted by atomic mass is 16.7. The molecular formula is C25H34O4. The number of unbranched alkanes of at least 4 members (excludes halogenated alkanes) is 2. The second kappa shape index (κ2) is 11.6. The summed E-state index contributed by atoms with van der Waals surface area (Å²) in [5, 5.41) is 10.9. The molecule has 0 amide bonds. The lowest BCUT2D eigenvalue weighted by Crippen LogP contribution is -2.08. The molecule has 0 saturated carbocycles. The standard InChI is InChI=1S/C25H34O4/c1-6-7-8-9-20-15-23(26)25(24(16-20)29-17-28-13-12-27-5)22-14-19(4)10-11-21(22)18(2)3/h10-11,14-16,26H,2,6-9,12-13,17H2,1,3-5H3. The van der Waals surface area contributed by atoms with E-state index in [-0.39, 0.29) is 12.5 Å². The average molecular weight is 399 g/mol. The second-order valence-corrected chi connectivity index (χ2v) is 7.44. The summed E-state index contributed by atoms with van der Waals surface area (Å²) in [7, 11) is 1.64. The Morgan fingerprint density at radius 1 is 1.10 bits per heavy atom.